The second-order valence-electron chi connectivity index (χ2n) is 2.71. The minimum atomic E-state index is 0.435. The summed E-state index contributed by atoms with van der Waals surface area (Å²) in [6.45, 7) is 0.435. The molecule has 5 heteroatoms. The third kappa shape index (κ3) is 1.23. The molecule has 68 valence electrons. The average molecular weight is 178 g/mol. The monoisotopic (exact) mass is 178 g/mol. The van der Waals surface area contributed by atoms with Crippen LogP contribution in [0, 0.1) is 0 Å². The van der Waals surface area contributed by atoms with Crippen LogP contribution in [0.4, 0.5) is 5.69 Å². The first-order valence-electron chi connectivity index (χ1n) is 3.90. The van der Waals surface area contributed by atoms with Gasteiger partial charge in [0.1, 0.15) is 6.61 Å². The summed E-state index contributed by atoms with van der Waals surface area (Å²) in [5.74, 6) is 0.754. The standard InChI is InChI=1S/C8H10N4O/c1-13-5-7-10-11-8-6(9)3-2-4-12(7)8/h2-4H,5,9H2,1H3. The van der Waals surface area contributed by atoms with E-state index < -0.39 is 0 Å². The van der Waals surface area contributed by atoms with Crippen molar-refractivity contribution in [1.29, 1.82) is 0 Å². The molecule has 0 spiro atoms. The number of nitrogens with two attached hydrogens (primary N) is 1. The van der Waals surface area contributed by atoms with Crippen LogP contribution in [0.5, 0.6) is 0 Å². The minimum absolute atomic E-state index is 0.435. The molecule has 0 saturated heterocycles. The summed E-state index contributed by atoms with van der Waals surface area (Å²) >= 11 is 0. The molecule has 0 aliphatic rings. The first-order valence-corrected chi connectivity index (χ1v) is 3.90. The van der Waals surface area contributed by atoms with Crippen LogP contribution in [0.1, 0.15) is 5.82 Å². The van der Waals surface area contributed by atoms with E-state index in [0.717, 1.165) is 5.82 Å². The number of hydrogen-bond acceptors (Lipinski definition) is 4. The minimum Gasteiger partial charge on any atom is -0.396 e. The van der Waals surface area contributed by atoms with Crippen molar-refractivity contribution in [3.8, 4) is 0 Å². The van der Waals surface area contributed by atoms with Gasteiger partial charge in [-0.05, 0) is 12.1 Å². The molecule has 0 atom stereocenters. The zero-order valence-corrected chi connectivity index (χ0v) is 7.27. The van der Waals surface area contributed by atoms with Gasteiger partial charge in [0.2, 0.25) is 0 Å². The highest BCUT2D eigenvalue weighted by Crippen LogP contribution is 2.11. The van der Waals surface area contributed by atoms with Crippen LogP contribution < -0.4 is 5.73 Å². The molecule has 2 heterocycles. The van der Waals surface area contributed by atoms with Gasteiger partial charge in [0.05, 0.1) is 5.69 Å². The van der Waals surface area contributed by atoms with Crippen molar-refractivity contribution in [3.05, 3.63) is 24.2 Å². The Morgan fingerprint density at radius 1 is 1.54 bits per heavy atom. The lowest BCUT2D eigenvalue weighted by Gasteiger charge is -1.98. The molecule has 2 aromatic rings. The molecule has 0 aliphatic heterocycles. The highest BCUT2D eigenvalue weighted by Gasteiger charge is 2.05. The number of methoxy groups -OCH3 is 1. The van der Waals surface area contributed by atoms with Crippen LogP contribution in [-0.4, -0.2) is 21.7 Å². The Hall–Kier alpha value is -1.62. The van der Waals surface area contributed by atoms with Gasteiger partial charge in [-0.1, -0.05) is 0 Å². The fourth-order valence-corrected chi connectivity index (χ4v) is 1.21. The maximum Gasteiger partial charge on any atom is 0.184 e. The van der Waals surface area contributed by atoms with E-state index in [-0.39, 0.29) is 0 Å². The third-order valence-electron chi connectivity index (χ3n) is 1.81. The maximum atomic E-state index is 5.70. The van der Waals surface area contributed by atoms with Gasteiger partial charge in [0.25, 0.3) is 0 Å². The summed E-state index contributed by atoms with van der Waals surface area (Å²) in [5, 5.41) is 7.90. The molecule has 0 unspecified atom stereocenters. The molecule has 2 aromatic heterocycles. The summed E-state index contributed by atoms with van der Waals surface area (Å²) in [7, 11) is 1.62. The van der Waals surface area contributed by atoms with Crippen LogP contribution in [-0.2, 0) is 11.3 Å². The fraction of sp³-hybridized carbons (Fsp3) is 0.250. The first-order chi connectivity index (χ1) is 6.33. The number of nitrogens with zero attached hydrogens (tertiary/aromatic N) is 3. The van der Waals surface area contributed by atoms with Crippen molar-refractivity contribution < 1.29 is 4.74 Å². The predicted molar refractivity (Wildman–Crippen MR) is 48.1 cm³/mol. The zero-order chi connectivity index (χ0) is 9.26. The second-order valence-corrected chi connectivity index (χ2v) is 2.71. The summed E-state index contributed by atoms with van der Waals surface area (Å²) in [6, 6.07) is 3.64. The van der Waals surface area contributed by atoms with Crippen LogP contribution in [0.2, 0.25) is 0 Å². The van der Waals surface area contributed by atoms with Crippen LogP contribution in [0.15, 0.2) is 18.3 Å². The molecule has 13 heavy (non-hydrogen) atoms. The summed E-state index contributed by atoms with van der Waals surface area (Å²) in [4.78, 5) is 0. The van der Waals surface area contributed by atoms with E-state index in [9.17, 15) is 0 Å². The number of nitrogen functional groups attached to an aromatic ring is 1. The number of ether oxygens (including phenoxy) is 1. The van der Waals surface area contributed by atoms with Gasteiger partial charge in [-0.25, -0.2) is 0 Å². The second kappa shape index (κ2) is 3.02. The van der Waals surface area contributed by atoms with Crippen molar-refractivity contribution in [2.24, 2.45) is 0 Å². The molecular formula is C8H10N4O. The van der Waals surface area contributed by atoms with E-state index in [1.54, 1.807) is 13.2 Å². The van der Waals surface area contributed by atoms with Gasteiger partial charge in [-0.2, -0.15) is 0 Å². The van der Waals surface area contributed by atoms with Crippen molar-refractivity contribution >= 4 is 11.3 Å². The van der Waals surface area contributed by atoms with Crippen molar-refractivity contribution in [2.75, 3.05) is 12.8 Å². The number of rotatable bonds is 2. The number of fused-ring (bicyclic) bond motifs is 1. The van der Waals surface area contributed by atoms with Crippen molar-refractivity contribution in [3.63, 3.8) is 0 Å². The maximum absolute atomic E-state index is 5.70. The molecule has 0 aromatic carbocycles. The van der Waals surface area contributed by atoms with E-state index in [2.05, 4.69) is 10.2 Å². The highest BCUT2D eigenvalue weighted by molar-refractivity contribution is 5.63. The largest absolute Gasteiger partial charge is 0.396 e. The molecular weight excluding hydrogens is 168 g/mol. The summed E-state index contributed by atoms with van der Waals surface area (Å²) in [6.07, 6.45) is 1.86. The molecule has 0 bridgehead atoms. The van der Waals surface area contributed by atoms with Crippen LogP contribution in [0.25, 0.3) is 5.65 Å². The van der Waals surface area contributed by atoms with Gasteiger partial charge in [0, 0.05) is 13.3 Å². The van der Waals surface area contributed by atoms with E-state index in [1.165, 1.54) is 0 Å². The lowest BCUT2D eigenvalue weighted by molar-refractivity contribution is 0.177. The predicted octanol–water partition coefficient (Wildman–Crippen LogP) is 0.458. The number of hydrogen-bond donors (Lipinski definition) is 1. The molecule has 0 radical (unpaired) electrons. The van der Waals surface area contributed by atoms with Gasteiger partial charge in [-0.3, -0.25) is 4.40 Å². The first kappa shape index (κ1) is 8.00. The van der Waals surface area contributed by atoms with Gasteiger partial charge in [-0.15, -0.1) is 10.2 Å². The Morgan fingerprint density at radius 3 is 3.15 bits per heavy atom. The SMILES string of the molecule is COCc1nnc2c(N)cccn12. The van der Waals surface area contributed by atoms with E-state index in [1.807, 2.05) is 16.7 Å². The normalized spacial score (nSPS) is 10.8. The van der Waals surface area contributed by atoms with Crippen molar-refractivity contribution in [2.45, 2.75) is 6.61 Å². The third-order valence-corrected chi connectivity index (χ3v) is 1.81. The van der Waals surface area contributed by atoms with Crippen molar-refractivity contribution in [1.82, 2.24) is 14.6 Å². The molecule has 2 N–H and O–H groups in total. The lowest BCUT2D eigenvalue weighted by atomic mass is 10.4. The van der Waals surface area contributed by atoms with E-state index in [0.29, 0.717) is 17.9 Å². The summed E-state index contributed by atoms with van der Waals surface area (Å²) in [5.41, 5.74) is 7.00. The Kier molecular flexibility index (Phi) is 1.86. The average Bonchev–Trinajstić information content (AvgIpc) is 2.51. The zero-order valence-electron chi connectivity index (χ0n) is 7.27. The van der Waals surface area contributed by atoms with Crippen LogP contribution >= 0.6 is 0 Å². The van der Waals surface area contributed by atoms with E-state index in [4.69, 9.17) is 10.5 Å². The highest BCUT2D eigenvalue weighted by atomic mass is 16.5. The van der Waals surface area contributed by atoms with Gasteiger partial charge >= 0.3 is 0 Å². The molecule has 0 fully saturated rings. The van der Waals surface area contributed by atoms with Crippen LogP contribution in [0.3, 0.4) is 0 Å². The Morgan fingerprint density at radius 2 is 2.38 bits per heavy atom. The molecule has 0 saturated carbocycles. The van der Waals surface area contributed by atoms with Gasteiger partial charge in [0.15, 0.2) is 11.5 Å². The lowest BCUT2D eigenvalue weighted by Crippen LogP contribution is -1.97. The number of aromatic nitrogens is 3. The summed E-state index contributed by atoms with van der Waals surface area (Å²) < 4.78 is 6.79. The Bertz CT molecular complexity index is 423. The molecule has 0 aliphatic carbocycles. The van der Waals surface area contributed by atoms with E-state index >= 15 is 0 Å². The quantitative estimate of drug-likeness (QED) is 0.725. The topological polar surface area (TPSA) is 65.4 Å². The fourth-order valence-electron chi connectivity index (χ4n) is 1.21. The smallest absolute Gasteiger partial charge is 0.184 e. The molecule has 2 rings (SSSR count). The molecule has 5 nitrogen and oxygen atoms in total. The number of anilines is 1. The Balaban J connectivity index is 2.61. The Labute approximate surface area is 75.1 Å². The molecule has 0 amide bonds. The number of pyridine rings is 1. The van der Waals surface area contributed by atoms with Gasteiger partial charge < -0.3 is 10.5 Å².